The molecule has 0 atom stereocenters. The third-order valence-electron chi connectivity index (χ3n) is 4.50. The van der Waals surface area contributed by atoms with Gasteiger partial charge in [0, 0.05) is 24.5 Å². The highest BCUT2D eigenvalue weighted by atomic mass is 16.5. The first kappa shape index (κ1) is 18.1. The zero-order valence-electron chi connectivity index (χ0n) is 15.4. The van der Waals surface area contributed by atoms with Crippen LogP contribution < -0.4 is 19.7 Å². The van der Waals surface area contributed by atoms with Crippen molar-refractivity contribution in [3.05, 3.63) is 47.5 Å². The van der Waals surface area contributed by atoms with Gasteiger partial charge in [0.25, 0.3) is 5.91 Å². The number of ether oxygens (including phenoxy) is 3. The summed E-state index contributed by atoms with van der Waals surface area (Å²) in [5.74, 6) is 0.689. The molecular formula is C20H24N2O4. The fraction of sp³-hybridized carbons (Fsp3) is 0.350. The zero-order valence-corrected chi connectivity index (χ0v) is 15.4. The fourth-order valence-corrected chi connectivity index (χ4v) is 3.02. The standard InChI is InChI=1S/C20H24N2O4/c1-14-7-8-15(22-9-11-26-12-10-22)13-16(14)21-20(23)19-17(24-2)5-4-6-18(19)25-3/h4-8,13H,9-12H2,1-3H3,(H,21,23). The summed E-state index contributed by atoms with van der Waals surface area (Å²) in [6, 6.07) is 11.4. The Balaban J connectivity index is 1.88. The molecule has 0 aromatic heterocycles. The molecule has 2 aromatic carbocycles. The third-order valence-corrected chi connectivity index (χ3v) is 4.50. The van der Waals surface area contributed by atoms with Crippen molar-refractivity contribution in [2.45, 2.75) is 6.92 Å². The van der Waals surface area contributed by atoms with Crippen LogP contribution in [-0.4, -0.2) is 46.4 Å². The van der Waals surface area contributed by atoms with E-state index in [0.717, 1.165) is 30.0 Å². The number of morpholine rings is 1. The first-order valence-electron chi connectivity index (χ1n) is 8.59. The lowest BCUT2D eigenvalue weighted by Crippen LogP contribution is -2.36. The Morgan fingerprint density at radius 3 is 2.35 bits per heavy atom. The van der Waals surface area contributed by atoms with Crippen LogP contribution in [0.5, 0.6) is 11.5 Å². The van der Waals surface area contributed by atoms with Gasteiger partial charge in [0.1, 0.15) is 17.1 Å². The lowest BCUT2D eigenvalue weighted by atomic mass is 10.1. The van der Waals surface area contributed by atoms with Crippen LogP contribution >= 0.6 is 0 Å². The van der Waals surface area contributed by atoms with Gasteiger partial charge in [0.2, 0.25) is 0 Å². The maximum absolute atomic E-state index is 12.9. The number of benzene rings is 2. The van der Waals surface area contributed by atoms with Crippen LogP contribution in [0.15, 0.2) is 36.4 Å². The number of methoxy groups -OCH3 is 2. The van der Waals surface area contributed by atoms with E-state index in [1.165, 1.54) is 14.2 Å². The number of carbonyl (C=O) groups is 1. The van der Waals surface area contributed by atoms with Gasteiger partial charge in [-0.25, -0.2) is 0 Å². The molecule has 1 amide bonds. The summed E-state index contributed by atoms with van der Waals surface area (Å²) in [5.41, 5.74) is 3.21. The summed E-state index contributed by atoms with van der Waals surface area (Å²) in [4.78, 5) is 15.2. The van der Waals surface area contributed by atoms with Gasteiger partial charge in [0.15, 0.2) is 0 Å². The van der Waals surface area contributed by atoms with Crippen molar-refractivity contribution in [2.24, 2.45) is 0 Å². The minimum Gasteiger partial charge on any atom is -0.496 e. The molecule has 1 fully saturated rings. The fourth-order valence-electron chi connectivity index (χ4n) is 3.02. The first-order valence-corrected chi connectivity index (χ1v) is 8.59. The van der Waals surface area contributed by atoms with Crippen molar-refractivity contribution in [3.63, 3.8) is 0 Å². The van der Waals surface area contributed by atoms with Crippen LogP contribution in [0.1, 0.15) is 15.9 Å². The molecule has 0 bridgehead atoms. The number of carbonyl (C=O) groups excluding carboxylic acids is 1. The Kier molecular flexibility index (Phi) is 5.63. The quantitative estimate of drug-likeness (QED) is 0.892. The van der Waals surface area contributed by atoms with E-state index >= 15 is 0 Å². The number of nitrogens with one attached hydrogen (secondary N) is 1. The molecule has 26 heavy (non-hydrogen) atoms. The van der Waals surface area contributed by atoms with Crippen molar-refractivity contribution in [1.29, 1.82) is 0 Å². The van der Waals surface area contributed by atoms with Crippen LogP contribution in [0.2, 0.25) is 0 Å². The van der Waals surface area contributed by atoms with Crippen LogP contribution in [0.4, 0.5) is 11.4 Å². The van der Waals surface area contributed by atoms with Gasteiger partial charge in [-0.3, -0.25) is 4.79 Å². The number of hydrogen-bond donors (Lipinski definition) is 1. The molecule has 138 valence electrons. The van der Waals surface area contributed by atoms with Crippen LogP contribution in [-0.2, 0) is 4.74 Å². The van der Waals surface area contributed by atoms with Crippen molar-refractivity contribution in [2.75, 3.05) is 50.7 Å². The molecule has 1 N–H and O–H groups in total. The number of rotatable bonds is 5. The molecule has 0 aliphatic carbocycles. The minimum atomic E-state index is -0.262. The monoisotopic (exact) mass is 356 g/mol. The zero-order chi connectivity index (χ0) is 18.5. The molecule has 0 unspecified atom stereocenters. The summed E-state index contributed by atoms with van der Waals surface area (Å²) < 4.78 is 16.1. The summed E-state index contributed by atoms with van der Waals surface area (Å²) in [6.45, 7) is 5.09. The lowest BCUT2D eigenvalue weighted by Gasteiger charge is -2.29. The van der Waals surface area contributed by atoms with E-state index < -0.39 is 0 Å². The topological polar surface area (TPSA) is 60.0 Å². The van der Waals surface area contributed by atoms with Crippen LogP contribution in [0.3, 0.4) is 0 Å². The van der Waals surface area contributed by atoms with Crippen LogP contribution in [0, 0.1) is 6.92 Å². The van der Waals surface area contributed by atoms with Gasteiger partial charge in [-0.15, -0.1) is 0 Å². The maximum atomic E-state index is 12.9. The van der Waals surface area contributed by atoms with Gasteiger partial charge < -0.3 is 24.4 Å². The second-order valence-corrected chi connectivity index (χ2v) is 6.09. The van der Waals surface area contributed by atoms with Gasteiger partial charge in [-0.05, 0) is 36.8 Å². The Bertz CT molecular complexity index is 763. The number of amides is 1. The summed E-state index contributed by atoms with van der Waals surface area (Å²) in [5, 5.41) is 3.00. The van der Waals surface area contributed by atoms with E-state index in [1.54, 1.807) is 18.2 Å². The molecule has 1 heterocycles. The first-order chi connectivity index (χ1) is 12.6. The SMILES string of the molecule is COc1cccc(OC)c1C(=O)Nc1cc(N2CCOCC2)ccc1C. The van der Waals surface area contributed by atoms with Crippen molar-refractivity contribution < 1.29 is 19.0 Å². The Labute approximate surface area is 153 Å². The Morgan fingerprint density at radius 1 is 1.08 bits per heavy atom. The number of anilines is 2. The number of aryl methyl sites for hydroxylation is 1. The van der Waals surface area contributed by atoms with E-state index in [-0.39, 0.29) is 5.91 Å². The molecular weight excluding hydrogens is 332 g/mol. The van der Waals surface area contributed by atoms with Gasteiger partial charge in [-0.2, -0.15) is 0 Å². The van der Waals surface area contributed by atoms with Crippen molar-refractivity contribution in [1.82, 2.24) is 0 Å². The van der Waals surface area contributed by atoms with Crippen molar-refractivity contribution >= 4 is 17.3 Å². The van der Waals surface area contributed by atoms with E-state index in [0.29, 0.717) is 30.3 Å². The molecule has 6 nitrogen and oxygen atoms in total. The summed E-state index contributed by atoms with van der Waals surface area (Å²) in [7, 11) is 3.08. The highest BCUT2D eigenvalue weighted by Crippen LogP contribution is 2.30. The predicted octanol–water partition coefficient (Wildman–Crippen LogP) is 3.10. The minimum absolute atomic E-state index is 0.262. The molecule has 1 saturated heterocycles. The van der Waals surface area contributed by atoms with Crippen LogP contribution in [0.25, 0.3) is 0 Å². The Morgan fingerprint density at radius 2 is 1.73 bits per heavy atom. The molecule has 3 rings (SSSR count). The third kappa shape index (κ3) is 3.75. The molecule has 6 heteroatoms. The smallest absolute Gasteiger partial charge is 0.263 e. The number of nitrogens with zero attached hydrogens (tertiary/aromatic N) is 1. The second-order valence-electron chi connectivity index (χ2n) is 6.09. The highest BCUT2D eigenvalue weighted by molar-refractivity contribution is 6.08. The number of hydrogen-bond acceptors (Lipinski definition) is 5. The molecule has 0 radical (unpaired) electrons. The molecule has 0 spiro atoms. The Hall–Kier alpha value is -2.73. The summed E-state index contributed by atoms with van der Waals surface area (Å²) in [6.07, 6.45) is 0. The van der Waals surface area contributed by atoms with Gasteiger partial charge >= 0.3 is 0 Å². The second kappa shape index (κ2) is 8.10. The van der Waals surface area contributed by atoms with E-state index in [4.69, 9.17) is 14.2 Å². The summed E-state index contributed by atoms with van der Waals surface area (Å²) >= 11 is 0. The van der Waals surface area contributed by atoms with E-state index in [9.17, 15) is 4.79 Å². The maximum Gasteiger partial charge on any atom is 0.263 e. The largest absolute Gasteiger partial charge is 0.496 e. The van der Waals surface area contributed by atoms with E-state index in [1.807, 2.05) is 19.1 Å². The van der Waals surface area contributed by atoms with Gasteiger partial charge in [-0.1, -0.05) is 12.1 Å². The van der Waals surface area contributed by atoms with E-state index in [2.05, 4.69) is 16.3 Å². The molecule has 1 aliphatic heterocycles. The van der Waals surface area contributed by atoms with Gasteiger partial charge in [0.05, 0.1) is 27.4 Å². The van der Waals surface area contributed by atoms with Crippen molar-refractivity contribution in [3.8, 4) is 11.5 Å². The molecule has 1 aliphatic rings. The lowest BCUT2D eigenvalue weighted by molar-refractivity contribution is 0.102. The average Bonchev–Trinajstić information content (AvgIpc) is 2.69. The highest BCUT2D eigenvalue weighted by Gasteiger charge is 2.19. The normalized spacial score (nSPS) is 14.0. The predicted molar refractivity (Wildman–Crippen MR) is 102 cm³/mol. The molecule has 0 saturated carbocycles. The molecule has 2 aromatic rings. The average molecular weight is 356 g/mol.